The number of anilines is 2. The van der Waals surface area contributed by atoms with Crippen LogP contribution in [0.25, 0.3) is 22.9 Å². The number of carboxylic acid groups (broad SMARTS) is 1. The Bertz CT molecular complexity index is 2410. The number of benzene rings is 4. The summed E-state index contributed by atoms with van der Waals surface area (Å²) in [5, 5.41) is 30.1. The third-order valence-corrected chi connectivity index (χ3v) is 9.35. The van der Waals surface area contributed by atoms with Crippen molar-refractivity contribution in [1.29, 1.82) is 0 Å². The normalized spacial score (nSPS) is 11.9. The third-order valence-electron chi connectivity index (χ3n) is 8.84. The van der Waals surface area contributed by atoms with Crippen LogP contribution in [0.4, 0.5) is 11.4 Å². The summed E-state index contributed by atoms with van der Waals surface area (Å²) in [5.74, 6) is -1.29. The SMILES string of the molecule is C.C.C.C.Cc1ccc(C(=O)CC2CC2)cc1N.Cc1ccc(C(=O)NC2CC2)cc1NC(=O)c1nnc(-c2ccc(Cl)cc2)o1.Cl.O=C(O)c1nnc(-c2ccc(Cl)cc2)o1. The maximum Gasteiger partial charge on any atom is 0.393 e. The zero-order valence-electron chi connectivity index (χ0n) is 31.2. The number of Topliss-reactive ketones (excluding diaryl/α,β-unsaturated/α-hetero) is 1. The largest absolute Gasteiger partial charge is 0.474 e. The summed E-state index contributed by atoms with van der Waals surface area (Å²) in [5.41, 5.74) is 11.4. The van der Waals surface area contributed by atoms with E-state index in [0.29, 0.717) is 50.4 Å². The molecular formula is C45H54Cl3N7O7. The number of carbonyl (C=O) groups excluding carboxylic acids is 3. The molecule has 62 heavy (non-hydrogen) atoms. The number of aromatic carboxylic acids is 1. The van der Waals surface area contributed by atoms with Crippen molar-refractivity contribution >= 4 is 70.6 Å². The Kier molecular flexibility index (Phi) is 21.2. The number of rotatable bonds is 10. The maximum absolute atomic E-state index is 12.5. The summed E-state index contributed by atoms with van der Waals surface area (Å²) >= 11 is 11.6. The molecule has 0 radical (unpaired) electrons. The van der Waals surface area contributed by atoms with Crippen molar-refractivity contribution in [2.45, 2.75) is 81.7 Å². The van der Waals surface area contributed by atoms with Gasteiger partial charge in [-0.25, -0.2) is 4.79 Å². The van der Waals surface area contributed by atoms with Gasteiger partial charge in [0.1, 0.15) is 0 Å². The molecule has 2 heterocycles. The predicted octanol–water partition coefficient (Wildman–Crippen LogP) is 11.5. The van der Waals surface area contributed by atoms with E-state index in [4.69, 9.17) is 42.9 Å². The molecular weight excluding hydrogens is 857 g/mol. The Morgan fingerprint density at radius 3 is 1.66 bits per heavy atom. The van der Waals surface area contributed by atoms with Gasteiger partial charge in [0.25, 0.3) is 5.91 Å². The summed E-state index contributed by atoms with van der Waals surface area (Å²) in [6.07, 6.45) is 5.14. The van der Waals surface area contributed by atoms with Crippen LogP contribution in [0.5, 0.6) is 0 Å². The van der Waals surface area contributed by atoms with Gasteiger partial charge in [-0.05, 0) is 123 Å². The van der Waals surface area contributed by atoms with E-state index >= 15 is 0 Å². The van der Waals surface area contributed by atoms with Crippen LogP contribution >= 0.6 is 35.6 Å². The number of hydrogen-bond acceptors (Lipinski definition) is 11. The molecule has 0 aliphatic heterocycles. The lowest BCUT2D eigenvalue weighted by molar-refractivity contribution is 0.0653. The lowest BCUT2D eigenvalue weighted by Gasteiger charge is -2.09. The van der Waals surface area contributed by atoms with E-state index in [9.17, 15) is 19.2 Å². The van der Waals surface area contributed by atoms with E-state index in [1.807, 2.05) is 26.0 Å². The van der Waals surface area contributed by atoms with Gasteiger partial charge in [-0.3, -0.25) is 14.4 Å². The van der Waals surface area contributed by atoms with Crippen LogP contribution in [0, 0.1) is 19.8 Å². The fraction of sp³-hybridized carbons (Fsp3) is 0.289. The van der Waals surface area contributed by atoms with Crippen LogP contribution in [0.15, 0.2) is 93.8 Å². The third kappa shape index (κ3) is 15.1. The van der Waals surface area contributed by atoms with E-state index in [2.05, 4.69) is 31.0 Å². The second kappa shape index (κ2) is 24.4. The molecule has 0 saturated heterocycles. The molecule has 4 aromatic carbocycles. The molecule has 5 N–H and O–H groups in total. The standard InChI is InChI=1S/C20H17ClN4O3.C12H15NO.C9H5ClN2O3.4CH4.ClH/c1-11-2-3-13(17(26)22-15-8-9-15)10-16(11)23-18(27)20-25-24-19(28-20)12-4-6-14(21)7-5-12;1-8-2-5-10(7-11(8)13)12(14)6-9-3-4-9;10-6-3-1-5(2-4-6)7-11-12-8(15-7)9(13)14;;;;;/h2-7,10,15H,8-9H2,1H3,(H,22,26)(H,23,27);2,5,7,9H,3-4,6,13H2,1H3;1-4H,(H,13,14);4*1H4;1H. The number of carbonyl (C=O) groups is 4. The van der Waals surface area contributed by atoms with Crippen LogP contribution < -0.4 is 16.4 Å². The lowest BCUT2D eigenvalue weighted by atomic mass is 10.0. The first-order chi connectivity index (χ1) is 27.3. The van der Waals surface area contributed by atoms with Crippen molar-refractivity contribution in [2.75, 3.05) is 11.1 Å². The Morgan fingerprint density at radius 1 is 0.677 bits per heavy atom. The number of nitrogens with zero attached hydrogens (tertiary/aromatic N) is 4. The van der Waals surface area contributed by atoms with Gasteiger partial charge in [-0.1, -0.05) is 71.1 Å². The van der Waals surface area contributed by atoms with Crippen LogP contribution in [0.2, 0.25) is 10.0 Å². The molecule has 8 rings (SSSR count). The Labute approximate surface area is 378 Å². The molecule has 0 unspecified atom stereocenters. The Balaban J connectivity index is 0.000000485. The van der Waals surface area contributed by atoms with Gasteiger partial charge in [-0.15, -0.1) is 32.8 Å². The number of carboxylic acids is 1. The highest BCUT2D eigenvalue weighted by molar-refractivity contribution is 6.30. The minimum atomic E-state index is -1.25. The van der Waals surface area contributed by atoms with Crippen LogP contribution in [-0.4, -0.2) is 55.1 Å². The number of aryl methyl sites for hydroxylation is 2. The van der Waals surface area contributed by atoms with Crippen molar-refractivity contribution in [1.82, 2.24) is 25.7 Å². The van der Waals surface area contributed by atoms with Gasteiger partial charge in [0.05, 0.1) is 0 Å². The van der Waals surface area contributed by atoms with Gasteiger partial charge in [0.15, 0.2) is 5.78 Å². The van der Waals surface area contributed by atoms with E-state index < -0.39 is 17.8 Å². The Hall–Kier alpha value is -6.09. The monoisotopic (exact) mass is 909 g/mol. The molecule has 2 fully saturated rings. The fourth-order valence-electron chi connectivity index (χ4n) is 5.13. The molecule has 17 heteroatoms. The van der Waals surface area contributed by atoms with E-state index in [1.54, 1.807) is 72.8 Å². The van der Waals surface area contributed by atoms with Crippen molar-refractivity contribution in [3.63, 3.8) is 0 Å². The summed E-state index contributed by atoms with van der Waals surface area (Å²) in [7, 11) is 0. The zero-order chi connectivity index (χ0) is 40.6. The second-order valence-corrected chi connectivity index (χ2v) is 14.4. The average Bonchev–Trinajstić information content (AvgIpc) is 4.08. The molecule has 2 saturated carbocycles. The predicted molar refractivity (Wildman–Crippen MR) is 248 cm³/mol. The van der Waals surface area contributed by atoms with Gasteiger partial charge >= 0.3 is 23.7 Å². The highest BCUT2D eigenvalue weighted by Crippen LogP contribution is 2.34. The van der Waals surface area contributed by atoms with E-state index in [1.165, 1.54) is 12.8 Å². The van der Waals surface area contributed by atoms with Crippen molar-refractivity contribution < 1.29 is 33.1 Å². The molecule has 332 valence electrons. The fourth-order valence-corrected chi connectivity index (χ4v) is 5.38. The number of ketones is 1. The second-order valence-electron chi connectivity index (χ2n) is 13.5. The minimum Gasteiger partial charge on any atom is -0.474 e. The molecule has 2 aromatic heterocycles. The highest BCUT2D eigenvalue weighted by atomic mass is 35.5. The van der Waals surface area contributed by atoms with Crippen molar-refractivity contribution in [3.05, 3.63) is 129 Å². The molecule has 0 bridgehead atoms. The smallest absolute Gasteiger partial charge is 0.393 e. The van der Waals surface area contributed by atoms with Crippen molar-refractivity contribution in [2.24, 2.45) is 5.92 Å². The maximum atomic E-state index is 12.5. The zero-order valence-corrected chi connectivity index (χ0v) is 33.5. The molecule has 0 atom stereocenters. The number of halogens is 3. The molecule has 2 aliphatic rings. The molecule has 2 aliphatic carbocycles. The number of aromatic nitrogens is 4. The first-order valence-corrected chi connectivity index (χ1v) is 18.6. The number of amides is 2. The molecule has 14 nitrogen and oxygen atoms in total. The van der Waals surface area contributed by atoms with Gasteiger partial charge < -0.3 is 30.3 Å². The number of nitrogens with one attached hydrogen (secondary N) is 2. The Morgan fingerprint density at radius 2 is 1.18 bits per heavy atom. The van der Waals surface area contributed by atoms with Crippen molar-refractivity contribution in [3.8, 4) is 22.9 Å². The van der Waals surface area contributed by atoms with Gasteiger partial charge in [0.2, 0.25) is 11.8 Å². The topological polar surface area (TPSA) is 216 Å². The molecule has 2 amide bonds. The summed E-state index contributed by atoms with van der Waals surface area (Å²) in [4.78, 5) is 46.9. The summed E-state index contributed by atoms with van der Waals surface area (Å²) < 4.78 is 10.4. The lowest BCUT2D eigenvalue weighted by Crippen LogP contribution is -2.25. The van der Waals surface area contributed by atoms with Crippen LogP contribution in [0.3, 0.4) is 0 Å². The van der Waals surface area contributed by atoms with Crippen LogP contribution in [0.1, 0.15) is 115 Å². The quantitative estimate of drug-likeness (QED) is 0.0746. The molecule has 6 aromatic rings. The summed E-state index contributed by atoms with van der Waals surface area (Å²) in [6, 6.07) is 24.5. The average molecular weight is 911 g/mol. The number of hydrogen-bond donors (Lipinski definition) is 4. The van der Waals surface area contributed by atoms with Crippen LogP contribution in [-0.2, 0) is 0 Å². The minimum absolute atomic E-state index is 0. The first-order valence-electron chi connectivity index (χ1n) is 17.9. The van der Waals surface area contributed by atoms with E-state index in [0.717, 1.165) is 29.5 Å². The first kappa shape index (κ1) is 53.9. The number of nitrogens with two attached hydrogens (primary N) is 1. The highest BCUT2D eigenvalue weighted by Gasteiger charge is 2.26. The summed E-state index contributed by atoms with van der Waals surface area (Å²) in [6.45, 7) is 3.79. The van der Waals surface area contributed by atoms with E-state index in [-0.39, 0.29) is 77.5 Å². The van der Waals surface area contributed by atoms with Gasteiger partial charge in [0, 0.05) is 56.1 Å². The number of nitrogen functional groups attached to an aromatic ring is 1. The van der Waals surface area contributed by atoms with Gasteiger partial charge in [-0.2, -0.15) is 0 Å². The molecule has 0 spiro atoms.